The third-order valence-electron chi connectivity index (χ3n) is 4.32. The molecule has 116 valence electrons. The Morgan fingerprint density at radius 3 is 2.91 bits per heavy atom. The minimum absolute atomic E-state index is 0.362. The molecule has 0 aliphatic carbocycles. The average Bonchev–Trinajstić information content (AvgIpc) is 3.28. The van der Waals surface area contributed by atoms with Crippen LogP contribution in [0.1, 0.15) is 30.3 Å². The molecule has 3 aromatic heterocycles. The predicted octanol–water partition coefficient (Wildman–Crippen LogP) is 3.00. The molecule has 5 nitrogen and oxygen atoms in total. The van der Waals surface area contributed by atoms with Crippen LogP contribution < -0.4 is 0 Å². The first-order valence-electron chi connectivity index (χ1n) is 7.99. The number of hydrogen-bond acceptors (Lipinski definition) is 4. The predicted molar refractivity (Wildman–Crippen MR) is 88.0 cm³/mol. The molecule has 5 heteroatoms. The van der Waals surface area contributed by atoms with Crippen LogP contribution in [0, 0.1) is 0 Å². The highest BCUT2D eigenvalue weighted by molar-refractivity contribution is 5.26. The van der Waals surface area contributed by atoms with Crippen LogP contribution in [0.15, 0.2) is 61.3 Å². The van der Waals surface area contributed by atoms with Gasteiger partial charge in [-0.15, -0.1) is 0 Å². The summed E-state index contributed by atoms with van der Waals surface area (Å²) in [6.45, 7) is 1.97. The molecule has 1 fully saturated rings. The maximum atomic E-state index is 4.85. The van der Waals surface area contributed by atoms with Gasteiger partial charge in [-0.05, 0) is 43.7 Å². The van der Waals surface area contributed by atoms with E-state index in [2.05, 4.69) is 33.1 Å². The lowest BCUT2D eigenvalue weighted by atomic mass is 10.1. The van der Waals surface area contributed by atoms with E-state index in [4.69, 9.17) is 4.98 Å². The van der Waals surface area contributed by atoms with Gasteiger partial charge in [-0.25, -0.2) is 9.97 Å². The van der Waals surface area contributed by atoms with E-state index in [0.29, 0.717) is 6.04 Å². The fourth-order valence-electron chi connectivity index (χ4n) is 3.21. The van der Waals surface area contributed by atoms with Crippen molar-refractivity contribution in [3.8, 4) is 5.82 Å². The normalized spacial score (nSPS) is 18.3. The molecule has 0 spiro atoms. The van der Waals surface area contributed by atoms with Crippen molar-refractivity contribution in [1.82, 2.24) is 24.4 Å². The van der Waals surface area contributed by atoms with E-state index in [1.54, 1.807) is 12.5 Å². The second-order valence-electron chi connectivity index (χ2n) is 5.84. The Balaban J connectivity index is 1.58. The lowest BCUT2D eigenvalue weighted by Crippen LogP contribution is -2.24. The molecule has 4 heterocycles. The zero-order valence-electron chi connectivity index (χ0n) is 12.9. The van der Waals surface area contributed by atoms with Gasteiger partial charge in [-0.3, -0.25) is 14.5 Å². The Kier molecular flexibility index (Phi) is 3.86. The monoisotopic (exact) mass is 305 g/mol. The highest BCUT2D eigenvalue weighted by Gasteiger charge is 2.27. The van der Waals surface area contributed by atoms with Gasteiger partial charge >= 0.3 is 0 Å². The van der Waals surface area contributed by atoms with Crippen LogP contribution >= 0.6 is 0 Å². The molecule has 1 saturated heterocycles. The second kappa shape index (κ2) is 6.30. The summed E-state index contributed by atoms with van der Waals surface area (Å²) < 4.78 is 1.95. The molecule has 1 aliphatic rings. The molecule has 1 aliphatic heterocycles. The summed E-state index contributed by atoms with van der Waals surface area (Å²) in [7, 11) is 0. The molecular weight excluding hydrogens is 286 g/mol. The van der Waals surface area contributed by atoms with E-state index < -0.39 is 0 Å². The second-order valence-corrected chi connectivity index (χ2v) is 5.84. The molecule has 0 bridgehead atoms. The van der Waals surface area contributed by atoms with Crippen LogP contribution in [-0.2, 0) is 6.54 Å². The standard InChI is InChI=1S/C18H19N5/c1-2-9-20-15(5-1)13-22-11-4-7-17(22)16-6-3-8-18(21-16)23-12-10-19-14-23/h1-3,5-6,8-10,12,14,17H,4,7,11,13H2/t17-/m0/s1. The molecule has 0 N–H and O–H groups in total. The lowest BCUT2D eigenvalue weighted by molar-refractivity contribution is 0.241. The SMILES string of the molecule is c1ccc(CN2CCC[C@H]2c2cccc(-n3ccnc3)n2)nc1. The Morgan fingerprint density at radius 1 is 1.09 bits per heavy atom. The van der Waals surface area contributed by atoms with Crippen molar-refractivity contribution in [2.24, 2.45) is 0 Å². The average molecular weight is 305 g/mol. The van der Waals surface area contributed by atoms with Crippen LogP contribution in [0.25, 0.3) is 5.82 Å². The molecule has 3 aromatic rings. The minimum atomic E-state index is 0.362. The van der Waals surface area contributed by atoms with Gasteiger partial charge in [0.1, 0.15) is 12.1 Å². The third-order valence-corrected chi connectivity index (χ3v) is 4.32. The van der Waals surface area contributed by atoms with Crippen LogP contribution in [0.5, 0.6) is 0 Å². The first-order chi connectivity index (χ1) is 11.4. The molecule has 0 aromatic carbocycles. The number of nitrogens with zero attached hydrogens (tertiary/aromatic N) is 5. The fraction of sp³-hybridized carbons (Fsp3) is 0.278. The number of aromatic nitrogens is 4. The van der Waals surface area contributed by atoms with Gasteiger partial charge in [0.2, 0.25) is 0 Å². The summed E-state index contributed by atoms with van der Waals surface area (Å²) in [6, 6.07) is 12.7. The summed E-state index contributed by atoms with van der Waals surface area (Å²) in [5, 5.41) is 0. The van der Waals surface area contributed by atoms with Gasteiger partial charge < -0.3 is 0 Å². The topological polar surface area (TPSA) is 46.8 Å². The van der Waals surface area contributed by atoms with E-state index in [1.165, 1.54) is 6.42 Å². The van der Waals surface area contributed by atoms with Gasteiger partial charge in [0.15, 0.2) is 0 Å². The molecule has 0 saturated carbocycles. The molecule has 1 atom stereocenters. The Morgan fingerprint density at radius 2 is 2.09 bits per heavy atom. The Bertz CT molecular complexity index is 754. The summed E-state index contributed by atoms with van der Waals surface area (Å²) in [5.74, 6) is 0.921. The van der Waals surface area contributed by atoms with E-state index >= 15 is 0 Å². The number of pyridine rings is 2. The third kappa shape index (κ3) is 3.00. The lowest BCUT2D eigenvalue weighted by Gasteiger charge is -2.24. The van der Waals surface area contributed by atoms with Crippen molar-refractivity contribution in [1.29, 1.82) is 0 Å². The first-order valence-corrected chi connectivity index (χ1v) is 7.99. The highest BCUT2D eigenvalue weighted by atomic mass is 15.2. The van der Waals surface area contributed by atoms with Gasteiger partial charge in [-0.1, -0.05) is 12.1 Å². The van der Waals surface area contributed by atoms with Crippen molar-refractivity contribution < 1.29 is 0 Å². The van der Waals surface area contributed by atoms with E-state index in [1.807, 2.05) is 35.2 Å². The first kappa shape index (κ1) is 14.1. The summed E-state index contributed by atoms with van der Waals surface area (Å²) in [5.41, 5.74) is 2.25. The van der Waals surface area contributed by atoms with Crippen molar-refractivity contribution >= 4 is 0 Å². The van der Waals surface area contributed by atoms with Crippen molar-refractivity contribution in [2.75, 3.05) is 6.54 Å². The zero-order chi connectivity index (χ0) is 15.5. The van der Waals surface area contributed by atoms with Crippen molar-refractivity contribution in [3.63, 3.8) is 0 Å². The van der Waals surface area contributed by atoms with Crippen LogP contribution in [0.3, 0.4) is 0 Å². The van der Waals surface area contributed by atoms with Gasteiger partial charge in [0.25, 0.3) is 0 Å². The van der Waals surface area contributed by atoms with Gasteiger partial charge in [0, 0.05) is 25.1 Å². The maximum absolute atomic E-state index is 4.85. The maximum Gasteiger partial charge on any atom is 0.138 e. The van der Waals surface area contributed by atoms with Crippen LogP contribution in [0.4, 0.5) is 0 Å². The van der Waals surface area contributed by atoms with E-state index in [0.717, 1.165) is 36.7 Å². The van der Waals surface area contributed by atoms with E-state index in [9.17, 15) is 0 Å². The summed E-state index contributed by atoms with van der Waals surface area (Å²) in [6.07, 6.45) is 9.69. The minimum Gasteiger partial charge on any atom is -0.291 e. The molecule has 0 radical (unpaired) electrons. The summed E-state index contributed by atoms with van der Waals surface area (Å²) >= 11 is 0. The zero-order valence-corrected chi connectivity index (χ0v) is 12.9. The molecule has 0 amide bonds. The number of imidazole rings is 1. The van der Waals surface area contributed by atoms with Gasteiger partial charge in [-0.2, -0.15) is 0 Å². The quantitative estimate of drug-likeness (QED) is 0.743. The Labute approximate surface area is 135 Å². The number of rotatable bonds is 4. The largest absolute Gasteiger partial charge is 0.291 e. The number of likely N-dealkylation sites (tertiary alicyclic amines) is 1. The fourth-order valence-corrected chi connectivity index (χ4v) is 3.21. The van der Waals surface area contributed by atoms with Crippen molar-refractivity contribution in [3.05, 3.63) is 72.7 Å². The number of hydrogen-bond donors (Lipinski definition) is 0. The van der Waals surface area contributed by atoms with E-state index in [-0.39, 0.29) is 0 Å². The highest BCUT2D eigenvalue weighted by Crippen LogP contribution is 2.32. The molecule has 0 unspecified atom stereocenters. The van der Waals surface area contributed by atoms with Crippen molar-refractivity contribution in [2.45, 2.75) is 25.4 Å². The molecule has 4 rings (SSSR count). The Hall–Kier alpha value is -2.53. The summed E-state index contributed by atoms with van der Waals surface area (Å²) in [4.78, 5) is 15.9. The van der Waals surface area contributed by atoms with Crippen LogP contribution in [0.2, 0.25) is 0 Å². The smallest absolute Gasteiger partial charge is 0.138 e. The van der Waals surface area contributed by atoms with Crippen LogP contribution in [-0.4, -0.2) is 31.0 Å². The van der Waals surface area contributed by atoms with Gasteiger partial charge in [0.05, 0.1) is 17.4 Å². The molecular formula is C18H19N5. The molecule has 23 heavy (non-hydrogen) atoms.